The van der Waals surface area contributed by atoms with Gasteiger partial charge < -0.3 is 5.32 Å². The lowest BCUT2D eigenvalue weighted by atomic mass is 10.2. The Morgan fingerprint density at radius 3 is 2.59 bits per heavy atom. The zero-order chi connectivity index (χ0) is 12.7. The lowest BCUT2D eigenvalue weighted by Crippen LogP contribution is -2.16. The summed E-state index contributed by atoms with van der Waals surface area (Å²) < 4.78 is 35.5. The van der Waals surface area contributed by atoms with Crippen LogP contribution in [0.25, 0.3) is 0 Å². The second-order valence-electron chi connectivity index (χ2n) is 4.06. The van der Waals surface area contributed by atoms with Gasteiger partial charge in [0.2, 0.25) is 0 Å². The van der Waals surface area contributed by atoms with E-state index in [2.05, 4.69) is 10.3 Å². The van der Waals surface area contributed by atoms with Gasteiger partial charge in [0.15, 0.2) is 0 Å². The van der Waals surface area contributed by atoms with E-state index in [4.69, 9.17) is 0 Å². The van der Waals surface area contributed by atoms with Crippen LogP contribution in [-0.2, 0) is 6.54 Å². The highest BCUT2D eigenvalue weighted by atomic mass is 19.4. The minimum atomic E-state index is -4.03. The summed E-state index contributed by atoms with van der Waals surface area (Å²) in [7, 11) is 0. The van der Waals surface area contributed by atoms with Crippen molar-refractivity contribution >= 4 is 0 Å². The summed E-state index contributed by atoms with van der Waals surface area (Å²) in [6, 6.07) is 3.88. The van der Waals surface area contributed by atoms with Crippen molar-refractivity contribution < 1.29 is 13.2 Å². The van der Waals surface area contributed by atoms with Crippen molar-refractivity contribution in [3.05, 3.63) is 29.6 Å². The van der Waals surface area contributed by atoms with Crippen LogP contribution in [0.2, 0.25) is 0 Å². The number of rotatable bonds is 6. The molecule has 0 radical (unpaired) electrons. The van der Waals surface area contributed by atoms with Crippen LogP contribution in [0.4, 0.5) is 13.2 Å². The average molecular weight is 246 g/mol. The van der Waals surface area contributed by atoms with Gasteiger partial charge in [-0.3, -0.25) is 4.98 Å². The molecule has 96 valence electrons. The number of aryl methyl sites for hydroxylation is 1. The molecule has 0 aliphatic rings. The van der Waals surface area contributed by atoms with Crippen molar-refractivity contribution in [3.63, 3.8) is 0 Å². The van der Waals surface area contributed by atoms with Crippen molar-refractivity contribution in [2.75, 3.05) is 6.54 Å². The summed E-state index contributed by atoms with van der Waals surface area (Å²) in [5.41, 5.74) is 2.00. The monoisotopic (exact) mass is 246 g/mol. The Morgan fingerprint density at radius 2 is 2.00 bits per heavy atom. The first-order chi connectivity index (χ1) is 7.97. The van der Waals surface area contributed by atoms with E-state index >= 15 is 0 Å². The second-order valence-corrected chi connectivity index (χ2v) is 4.06. The second kappa shape index (κ2) is 6.59. The van der Waals surface area contributed by atoms with E-state index < -0.39 is 12.6 Å². The molecule has 0 saturated carbocycles. The highest BCUT2D eigenvalue weighted by Crippen LogP contribution is 2.21. The lowest BCUT2D eigenvalue weighted by Gasteiger charge is -2.07. The third-order valence-electron chi connectivity index (χ3n) is 2.37. The Bertz CT molecular complexity index is 320. The Morgan fingerprint density at radius 1 is 1.24 bits per heavy atom. The smallest absolute Gasteiger partial charge is 0.313 e. The molecule has 0 saturated heterocycles. The van der Waals surface area contributed by atoms with Crippen molar-refractivity contribution in [1.29, 1.82) is 0 Å². The van der Waals surface area contributed by atoms with Gasteiger partial charge in [-0.2, -0.15) is 13.2 Å². The Labute approximate surface area is 99.3 Å². The molecule has 0 amide bonds. The molecule has 2 nitrogen and oxygen atoms in total. The molecule has 0 fully saturated rings. The molecule has 1 heterocycles. The van der Waals surface area contributed by atoms with Crippen molar-refractivity contribution in [1.82, 2.24) is 10.3 Å². The number of nitrogens with zero attached hydrogens (tertiary/aromatic N) is 1. The minimum absolute atomic E-state index is 0.183. The number of hydrogen-bond acceptors (Lipinski definition) is 2. The van der Waals surface area contributed by atoms with Gasteiger partial charge >= 0.3 is 6.18 Å². The third kappa shape index (κ3) is 6.94. The number of aromatic nitrogens is 1. The molecule has 0 atom stereocenters. The molecule has 0 aromatic carbocycles. The minimum Gasteiger partial charge on any atom is -0.313 e. The molecule has 0 bridgehead atoms. The summed E-state index contributed by atoms with van der Waals surface area (Å²) in [4.78, 5) is 4.14. The maximum Gasteiger partial charge on any atom is 0.389 e. The molecule has 0 unspecified atom stereocenters. The zero-order valence-electron chi connectivity index (χ0n) is 9.85. The van der Waals surface area contributed by atoms with Crippen molar-refractivity contribution in [2.45, 2.75) is 38.9 Å². The predicted octanol–water partition coefficient (Wildman–Crippen LogP) is 3.21. The fraction of sp³-hybridized carbons (Fsp3) is 0.583. The lowest BCUT2D eigenvalue weighted by molar-refractivity contribution is -0.135. The van der Waals surface area contributed by atoms with Gasteiger partial charge in [0.05, 0.1) is 0 Å². The van der Waals surface area contributed by atoms with Gasteiger partial charge in [-0.1, -0.05) is 6.07 Å². The molecule has 1 aromatic heterocycles. The quantitative estimate of drug-likeness (QED) is 0.779. The SMILES string of the molecule is Cc1ccc(CNCCCCC(F)(F)F)cn1. The standard InChI is InChI=1S/C12H17F3N2/c1-10-4-5-11(9-17-10)8-16-7-3-2-6-12(13,14)15/h4-5,9,16H,2-3,6-8H2,1H3. The van der Waals surface area contributed by atoms with Crippen molar-refractivity contribution in [3.8, 4) is 0 Å². The van der Waals surface area contributed by atoms with Crippen LogP contribution in [-0.4, -0.2) is 17.7 Å². The van der Waals surface area contributed by atoms with Gasteiger partial charge in [0, 0.05) is 24.9 Å². The molecule has 17 heavy (non-hydrogen) atoms. The molecule has 1 rings (SSSR count). The fourth-order valence-corrected chi connectivity index (χ4v) is 1.41. The van der Waals surface area contributed by atoms with Crippen molar-refractivity contribution in [2.24, 2.45) is 0 Å². The molecular formula is C12H17F3N2. The van der Waals surface area contributed by atoms with E-state index in [0.29, 0.717) is 19.5 Å². The van der Waals surface area contributed by atoms with Crippen LogP contribution in [0.3, 0.4) is 0 Å². The molecule has 5 heteroatoms. The van der Waals surface area contributed by atoms with Gasteiger partial charge in [-0.15, -0.1) is 0 Å². The number of hydrogen-bond donors (Lipinski definition) is 1. The molecule has 0 spiro atoms. The highest BCUT2D eigenvalue weighted by molar-refractivity contribution is 5.12. The average Bonchev–Trinajstić information content (AvgIpc) is 2.24. The van der Waals surface area contributed by atoms with Crippen LogP contribution in [0.5, 0.6) is 0 Å². The Kier molecular flexibility index (Phi) is 5.41. The van der Waals surface area contributed by atoms with Crippen LogP contribution in [0, 0.1) is 6.92 Å². The predicted molar refractivity (Wildman–Crippen MR) is 60.6 cm³/mol. The number of halogens is 3. The molecular weight excluding hydrogens is 229 g/mol. The van der Waals surface area contributed by atoms with Crippen LogP contribution in [0.1, 0.15) is 30.5 Å². The Balaban J connectivity index is 2.07. The number of alkyl halides is 3. The van der Waals surface area contributed by atoms with E-state index in [-0.39, 0.29) is 6.42 Å². The van der Waals surface area contributed by atoms with Crippen LogP contribution in [0.15, 0.2) is 18.3 Å². The van der Waals surface area contributed by atoms with Gasteiger partial charge in [-0.05, 0) is 37.9 Å². The molecule has 1 N–H and O–H groups in total. The van der Waals surface area contributed by atoms with Crippen LogP contribution >= 0.6 is 0 Å². The normalized spacial score (nSPS) is 11.8. The maximum atomic E-state index is 11.8. The summed E-state index contributed by atoms with van der Waals surface area (Å²) >= 11 is 0. The zero-order valence-corrected chi connectivity index (χ0v) is 9.85. The van der Waals surface area contributed by atoms with E-state index in [1.807, 2.05) is 19.1 Å². The summed E-state index contributed by atoms with van der Waals surface area (Å²) in [5.74, 6) is 0. The van der Waals surface area contributed by atoms with Gasteiger partial charge in [0.1, 0.15) is 0 Å². The first kappa shape index (κ1) is 14.0. The van der Waals surface area contributed by atoms with E-state index in [0.717, 1.165) is 11.3 Å². The summed E-state index contributed by atoms with van der Waals surface area (Å²) in [6.07, 6.45) is -2.22. The fourth-order valence-electron chi connectivity index (χ4n) is 1.41. The van der Waals surface area contributed by atoms with E-state index in [1.165, 1.54) is 0 Å². The van der Waals surface area contributed by atoms with E-state index in [9.17, 15) is 13.2 Å². The van der Waals surface area contributed by atoms with Crippen LogP contribution < -0.4 is 5.32 Å². The van der Waals surface area contributed by atoms with E-state index in [1.54, 1.807) is 6.20 Å². The first-order valence-corrected chi connectivity index (χ1v) is 5.66. The third-order valence-corrected chi connectivity index (χ3v) is 2.37. The van der Waals surface area contributed by atoms with Gasteiger partial charge in [-0.25, -0.2) is 0 Å². The number of pyridine rings is 1. The Hall–Kier alpha value is -1.10. The molecule has 1 aromatic rings. The summed E-state index contributed by atoms with van der Waals surface area (Å²) in [5, 5.41) is 3.10. The number of unbranched alkanes of at least 4 members (excludes halogenated alkanes) is 1. The maximum absolute atomic E-state index is 11.8. The summed E-state index contributed by atoms with van der Waals surface area (Å²) in [6.45, 7) is 3.16. The van der Waals surface area contributed by atoms with Gasteiger partial charge in [0.25, 0.3) is 0 Å². The molecule has 0 aliphatic heterocycles. The largest absolute Gasteiger partial charge is 0.389 e. The molecule has 0 aliphatic carbocycles. The number of nitrogens with one attached hydrogen (secondary N) is 1. The highest BCUT2D eigenvalue weighted by Gasteiger charge is 2.25. The topological polar surface area (TPSA) is 24.9 Å². The first-order valence-electron chi connectivity index (χ1n) is 5.66.